The monoisotopic (exact) mass is 210 g/mol. The number of H-pyrrole nitrogens is 1. The maximum atomic E-state index is 10.9. The van der Waals surface area contributed by atoms with Crippen LogP contribution >= 0.6 is 0 Å². The minimum atomic E-state index is -3.21. The van der Waals surface area contributed by atoms with Crippen molar-refractivity contribution in [3.63, 3.8) is 0 Å². The van der Waals surface area contributed by atoms with Crippen molar-refractivity contribution in [1.82, 2.24) is 4.98 Å². The first-order valence-electron chi connectivity index (χ1n) is 4.10. The van der Waals surface area contributed by atoms with Crippen LogP contribution in [-0.2, 0) is 10.0 Å². The van der Waals surface area contributed by atoms with Crippen molar-refractivity contribution in [1.29, 1.82) is 0 Å². The number of anilines is 1. The predicted octanol–water partition coefficient (Wildman–Crippen LogP) is 1.54. The van der Waals surface area contributed by atoms with Gasteiger partial charge in [-0.05, 0) is 12.1 Å². The summed E-state index contributed by atoms with van der Waals surface area (Å²) in [6.07, 6.45) is 1.12. The van der Waals surface area contributed by atoms with Crippen LogP contribution in [0.5, 0.6) is 0 Å². The Bertz CT molecular complexity index is 524. The molecule has 5 heteroatoms. The normalized spacial score (nSPS) is 11.8. The molecule has 0 atom stereocenters. The lowest BCUT2D eigenvalue weighted by Crippen LogP contribution is -2.09. The van der Waals surface area contributed by atoms with E-state index in [1.54, 1.807) is 6.07 Å². The highest BCUT2D eigenvalue weighted by molar-refractivity contribution is 7.92. The average Bonchev–Trinajstić information content (AvgIpc) is 2.42. The summed E-state index contributed by atoms with van der Waals surface area (Å²) >= 11 is 0. The molecule has 2 N–H and O–H groups in total. The molecule has 0 saturated carbocycles. The Morgan fingerprint density at radius 2 is 2.00 bits per heavy atom. The second-order valence-electron chi connectivity index (χ2n) is 3.14. The second kappa shape index (κ2) is 3.02. The molecule has 1 aromatic heterocycles. The van der Waals surface area contributed by atoms with Gasteiger partial charge < -0.3 is 4.98 Å². The molecule has 1 heterocycles. The van der Waals surface area contributed by atoms with Gasteiger partial charge >= 0.3 is 0 Å². The number of para-hydroxylation sites is 1. The van der Waals surface area contributed by atoms with Crippen molar-refractivity contribution in [2.45, 2.75) is 0 Å². The summed E-state index contributed by atoms with van der Waals surface area (Å²) in [5, 5.41) is 0.985. The molecular formula is C9H10N2O2S. The SMILES string of the molecule is CS(=O)(=O)Nc1cc2ccccc2[nH]1. The van der Waals surface area contributed by atoms with E-state index in [1.807, 2.05) is 24.3 Å². The maximum absolute atomic E-state index is 10.9. The summed E-state index contributed by atoms with van der Waals surface area (Å²) in [6, 6.07) is 9.36. The van der Waals surface area contributed by atoms with E-state index in [9.17, 15) is 8.42 Å². The molecule has 0 amide bonds. The van der Waals surface area contributed by atoms with E-state index < -0.39 is 10.0 Å². The molecule has 0 saturated heterocycles. The fourth-order valence-corrected chi connectivity index (χ4v) is 1.84. The Kier molecular flexibility index (Phi) is 1.96. The number of hydrogen-bond acceptors (Lipinski definition) is 2. The van der Waals surface area contributed by atoms with Gasteiger partial charge in [0.15, 0.2) is 0 Å². The first-order valence-corrected chi connectivity index (χ1v) is 5.99. The predicted molar refractivity (Wildman–Crippen MR) is 56.8 cm³/mol. The van der Waals surface area contributed by atoms with Gasteiger partial charge in [-0.3, -0.25) is 4.72 Å². The molecule has 0 radical (unpaired) electrons. The fourth-order valence-electron chi connectivity index (χ4n) is 1.33. The minimum absolute atomic E-state index is 0.494. The molecule has 0 aliphatic heterocycles. The third kappa shape index (κ3) is 1.88. The first-order chi connectivity index (χ1) is 6.54. The lowest BCUT2D eigenvalue weighted by atomic mass is 10.3. The number of nitrogens with one attached hydrogen (secondary N) is 2. The van der Waals surface area contributed by atoms with Gasteiger partial charge in [0.25, 0.3) is 0 Å². The van der Waals surface area contributed by atoms with E-state index in [1.165, 1.54) is 0 Å². The molecule has 4 nitrogen and oxygen atoms in total. The quantitative estimate of drug-likeness (QED) is 0.789. The van der Waals surface area contributed by atoms with Gasteiger partial charge in [0.2, 0.25) is 10.0 Å². The van der Waals surface area contributed by atoms with Crippen LogP contribution in [-0.4, -0.2) is 19.7 Å². The summed E-state index contributed by atoms with van der Waals surface area (Å²) in [7, 11) is -3.21. The number of aromatic amines is 1. The summed E-state index contributed by atoms with van der Waals surface area (Å²) in [6.45, 7) is 0. The molecule has 2 rings (SSSR count). The zero-order valence-electron chi connectivity index (χ0n) is 7.61. The van der Waals surface area contributed by atoms with Gasteiger partial charge in [0, 0.05) is 10.9 Å². The Balaban J connectivity index is 2.46. The van der Waals surface area contributed by atoms with Gasteiger partial charge in [-0.15, -0.1) is 0 Å². The lowest BCUT2D eigenvalue weighted by Gasteiger charge is -1.97. The van der Waals surface area contributed by atoms with Crippen LogP contribution in [0.2, 0.25) is 0 Å². The van der Waals surface area contributed by atoms with E-state index in [4.69, 9.17) is 0 Å². The van der Waals surface area contributed by atoms with Gasteiger partial charge in [-0.1, -0.05) is 18.2 Å². The van der Waals surface area contributed by atoms with Crippen LogP contribution in [0, 0.1) is 0 Å². The van der Waals surface area contributed by atoms with E-state index in [-0.39, 0.29) is 0 Å². The second-order valence-corrected chi connectivity index (χ2v) is 4.89. The van der Waals surface area contributed by atoms with E-state index in [0.29, 0.717) is 5.82 Å². The largest absolute Gasteiger partial charge is 0.341 e. The Morgan fingerprint density at radius 3 is 2.64 bits per heavy atom. The first kappa shape index (κ1) is 9.08. The molecule has 1 aromatic carbocycles. The summed E-state index contributed by atoms with van der Waals surface area (Å²) in [5.41, 5.74) is 0.915. The molecule has 0 bridgehead atoms. The number of rotatable bonds is 2. The van der Waals surface area contributed by atoms with Crippen LogP contribution in [0.15, 0.2) is 30.3 Å². The topological polar surface area (TPSA) is 62.0 Å². The molecule has 0 spiro atoms. The summed E-state index contributed by atoms with van der Waals surface area (Å²) < 4.78 is 24.3. The summed E-state index contributed by atoms with van der Waals surface area (Å²) in [5.74, 6) is 0.494. The third-order valence-corrected chi connectivity index (χ3v) is 2.42. The molecule has 0 aliphatic carbocycles. The van der Waals surface area contributed by atoms with Gasteiger partial charge in [-0.2, -0.15) is 0 Å². The highest BCUT2D eigenvalue weighted by Crippen LogP contribution is 2.18. The highest BCUT2D eigenvalue weighted by Gasteiger charge is 2.04. The zero-order chi connectivity index (χ0) is 10.2. The van der Waals surface area contributed by atoms with Crippen LogP contribution in [0.25, 0.3) is 10.9 Å². The summed E-state index contributed by atoms with van der Waals surface area (Å²) in [4.78, 5) is 2.96. The number of fused-ring (bicyclic) bond motifs is 1. The Labute approximate surface area is 82.0 Å². The van der Waals surface area contributed by atoms with Crippen LogP contribution in [0.4, 0.5) is 5.82 Å². The van der Waals surface area contributed by atoms with Crippen molar-refractivity contribution < 1.29 is 8.42 Å². The van der Waals surface area contributed by atoms with Crippen LogP contribution < -0.4 is 4.72 Å². The van der Waals surface area contributed by atoms with E-state index in [2.05, 4.69) is 9.71 Å². The van der Waals surface area contributed by atoms with Crippen LogP contribution in [0.1, 0.15) is 0 Å². The van der Waals surface area contributed by atoms with Gasteiger partial charge in [-0.25, -0.2) is 8.42 Å². The van der Waals surface area contributed by atoms with Crippen molar-refractivity contribution in [2.24, 2.45) is 0 Å². The van der Waals surface area contributed by atoms with Gasteiger partial charge in [0.05, 0.1) is 6.26 Å². The highest BCUT2D eigenvalue weighted by atomic mass is 32.2. The molecule has 2 aromatic rings. The number of sulfonamides is 1. The molecule has 14 heavy (non-hydrogen) atoms. The smallest absolute Gasteiger partial charge is 0.230 e. The fraction of sp³-hybridized carbons (Fsp3) is 0.111. The Hall–Kier alpha value is -1.49. The number of benzene rings is 1. The molecular weight excluding hydrogens is 200 g/mol. The van der Waals surface area contributed by atoms with Gasteiger partial charge in [0.1, 0.15) is 5.82 Å². The zero-order valence-corrected chi connectivity index (χ0v) is 8.43. The minimum Gasteiger partial charge on any atom is -0.341 e. The molecule has 0 aliphatic rings. The van der Waals surface area contributed by atoms with Crippen molar-refractivity contribution in [3.05, 3.63) is 30.3 Å². The van der Waals surface area contributed by atoms with E-state index in [0.717, 1.165) is 17.2 Å². The lowest BCUT2D eigenvalue weighted by molar-refractivity contribution is 0.606. The average molecular weight is 210 g/mol. The molecule has 0 fully saturated rings. The number of aromatic nitrogens is 1. The number of hydrogen-bond donors (Lipinski definition) is 2. The molecule has 0 unspecified atom stereocenters. The Morgan fingerprint density at radius 1 is 1.29 bits per heavy atom. The maximum Gasteiger partial charge on any atom is 0.230 e. The third-order valence-electron chi connectivity index (χ3n) is 1.83. The van der Waals surface area contributed by atoms with Crippen LogP contribution in [0.3, 0.4) is 0 Å². The standard InChI is InChI=1S/C9H10N2O2S/c1-14(12,13)11-9-6-7-4-2-3-5-8(7)10-9/h2-6,10-11H,1H3. The van der Waals surface area contributed by atoms with Crippen molar-refractivity contribution in [3.8, 4) is 0 Å². The van der Waals surface area contributed by atoms with Crippen molar-refractivity contribution >= 4 is 26.7 Å². The van der Waals surface area contributed by atoms with Crippen molar-refractivity contribution in [2.75, 3.05) is 11.0 Å². The molecule has 74 valence electrons. The van der Waals surface area contributed by atoms with E-state index >= 15 is 0 Å².